The minimum absolute atomic E-state index is 0.0746. The van der Waals surface area contributed by atoms with Crippen LogP contribution in [0.4, 0.5) is 11.4 Å². The van der Waals surface area contributed by atoms with E-state index in [0.29, 0.717) is 0 Å². The fourth-order valence-electron chi connectivity index (χ4n) is 1.91. The minimum atomic E-state index is -0.142. The van der Waals surface area contributed by atoms with Crippen LogP contribution in [0.2, 0.25) is 0 Å². The third-order valence-corrected chi connectivity index (χ3v) is 2.80. The largest absolute Gasteiger partial charge is 0.378 e. The number of carbonyl (C=O) groups is 1. The van der Waals surface area contributed by atoms with Crippen molar-refractivity contribution < 1.29 is 14.3 Å². The number of ether oxygens (including phenoxy) is 2. The second-order valence-corrected chi connectivity index (χ2v) is 4.13. The van der Waals surface area contributed by atoms with E-state index >= 15 is 0 Å². The average Bonchev–Trinajstić information content (AvgIpc) is 2.41. The summed E-state index contributed by atoms with van der Waals surface area (Å²) in [5.74, 6) is -0.142. The van der Waals surface area contributed by atoms with Crippen LogP contribution < -0.4 is 10.2 Å². The molecule has 5 nitrogen and oxygen atoms in total. The summed E-state index contributed by atoms with van der Waals surface area (Å²) in [6, 6.07) is 7.82. The zero-order chi connectivity index (χ0) is 12.8. The Morgan fingerprint density at radius 2 is 2.00 bits per heavy atom. The van der Waals surface area contributed by atoms with E-state index in [4.69, 9.17) is 9.47 Å². The van der Waals surface area contributed by atoms with Gasteiger partial charge in [0.15, 0.2) is 0 Å². The smallest absolute Gasteiger partial charge is 0.250 e. The molecule has 0 spiro atoms. The van der Waals surface area contributed by atoms with Crippen LogP contribution in [0, 0.1) is 0 Å². The van der Waals surface area contributed by atoms with E-state index in [1.165, 1.54) is 7.11 Å². The molecule has 0 saturated carbocycles. The van der Waals surface area contributed by atoms with Crippen LogP contribution in [-0.4, -0.2) is 45.9 Å². The number of hydrogen-bond donors (Lipinski definition) is 1. The molecule has 1 aliphatic rings. The number of methoxy groups -OCH3 is 1. The molecule has 1 heterocycles. The summed E-state index contributed by atoms with van der Waals surface area (Å²) < 4.78 is 10.1. The number of nitrogens with zero attached hydrogens (tertiary/aromatic N) is 1. The molecule has 1 aliphatic heterocycles. The van der Waals surface area contributed by atoms with Gasteiger partial charge in [0, 0.05) is 31.6 Å². The van der Waals surface area contributed by atoms with Crippen molar-refractivity contribution in [2.45, 2.75) is 0 Å². The number of anilines is 2. The lowest BCUT2D eigenvalue weighted by atomic mass is 10.2. The molecule has 0 bridgehead atoms. The first kappa shape index (κ1) is 12.9. The van der Waals surface area contributed by atoms with Gasteiger partial charge >= 0.3 is 0 Å². The first-order valence-corrected chi connectivity index (χ1v) is 6.01. The molecule has 0 aromatic heterocycles. The molecule has 1 fully saturated rings. The van der Waals surface area contributed by atoms with E-state index in [-0.39, 0.29) is 12.5 Å². The maximum atomic E-state index is 11.3. The fourth-order valence-corrected chi connectivity index (χ4v) is 1.91. The highest BCUT2D eigenvalue weighted by molar-refractivity contribution is 5.91. The zero-order valence-corrected chi connectivity index (χ0v) is 10.5. The minimum Gasteiger partial charge on any atom is -0.378 e. The van der Waals surface area contributed by atoms with Crippen LogP contribution in [0.25, 0.3) is 0 Å². The quantitative estimate of drug-likeness (QED) is 0.869. The van der Waals surface area contributed by atoms with Gasteiger partial charge in [-0.25, -0.2) is 0 Å². The van der Waals surface area contributed by atoms with Crippen molar-refractivity contribution in [2.24, 2.45) is 0 Å². The molecule has 1 aromatic rings. The summed E-state index contributed by atoms with van der Waals surface area (Å²) in [6.07, 6.45) is 0. The van der Waals surface area contributed by atoms with E-state index in [1.807, 2.05) is 24.3 Å². The van der Waals surface area contributed by atoms with Crippen molar-refractivity contribution in [1.29, 1.82) is 0 Å². The van der Waals surface area contributed by atoms with Crippen molar-refractivity contribution in [3.63, 3.8) is 0 Å². The van der Waals surface area contributed by atoms with Crippen LogP contribution in [0.15, 0.2) is 24.3 Å². The summed E-state index contributed by atoms with van der Waals surface area (Å²) in [6.45, 7) is 3.44. The summed E-state index contributed by atoms with van der Waals surface area (Å²) in [5, 5.41) is 2.77. The van der Waals surface area contributed by atoms with E-state index in [9.17, 15) is 4.79 Å². The molecule has 0 aliphatic carbocycles. The molecular formula is C13H18N2O3. The van der Waals surface area contributed by atoms with Crippen molar-refractivity contribution in [3.05, 3.63) is 24.3 Å². The Bertz CT molecular complexity index is 386. The van der Waals surface area contributed by atoms with Gasteiger partial charge in [0.05, 0.1) is 13.2 Å². The molecule has 1 aromatic carbocycles. The maximum Gasteiger partial charge on any atom is 0.250 e. The molecular weight excluding hydrogens is 232 g/mol. The number of rotatable bonds is 4. The highest BCUT2D eigenvalue weighted by atomic mass is 16.5. The molecule has 0 unspecified atom stereocenters. The highest BCUT2D eigenvalue weighted by Gasteiger charge is 2.10. The van der Waals surface area contributed by atoms with Crippen molar-refractivity contribution in [2.75, 3.05) is 50.2 Å². The number of nitrogens with one attached hydrogen (secondary N) is 1. The van der Waals surface area contributed by atoms with Crippen LogP contribution in [0.5, 0.6) is 0 Å². The summed E-state index contributed by atoms with van der Waals surface area (Å²) in [4.78, 5) is 13.6. The SMILES string of the molecule is COCC(=O)Nc1ccc(N2CCOCC2)cc1. The van der Waals surface area contributed by atoms with Crippen LogP contribution in [-0.2, 0) is 14.3 Å². The normalized spacial score (nSPS) is 15.5. The first-order chi connectivity index (χ1) is 8.79. The lowest BCUT2D eigenvalue weighted by Gasteiger charge is -2.28. The second-order valence-electron chi connectivity index (χ2n) is 4.13. The van der Waals surface area contributed by atoms with E-state index in [2.05, 4.69) is 10.2 Å². The Kier molecular flexibility index (Phi) is 4.55. The van der Waals surface area contributed by atoms with Gasteiger partial charge in [0.2, 0.25) is 5.91 Å². The molecule has 98 valence electrons. The third-order valence-electron chi connectivity index (χ3n) is 2.80. The molecule has 0 atom stereocenters. The number of amides is 1. The van der Waals surface area contributed by atoms with Crippen LogP contribution >= 0.6 is 0 Å². The standard InChI is InChI=1S/C13H18N2O3/c1-17-10-13(16)14-11-2-4-12(5-3-11)15-6-8-18-9-7-15/h2-5H,6-10H2,1H3,(H,14,16). The molecule has 1 saturated heterocycles. The third kappa shape index (κ3) is 3.45. The first-order valence-electron chi connectivity index (χ1n) is 6.01. The van der Waals surface area contributed by atoms with Crippen molar-refractivity contribution in [3.8, 4) is 0 Å². The Morgan fingerprint density at radius 3 is 2.61 bits per heavy atom. The molecule has 2 rings (SSSR count). The Hall–Kier alpha value is -1.59. The second kappa shape index (κ2) is 6.37. The number of carbonyl (C=O) groups excluding carboxylic acids is 1. The zero-order valence-electron chi connectivity index (χ0n) is 10.5. The number of morpholine rings is 1. The Morgan fingerprint density at radius 1 is 1.33 bits per heavy atom. The number of hydrogen-bond acceptors (Lipinski definition) is 4. The maximum absolute atomic E-state index is 11.3. The Labute approximate surface area is 107 Å². The summed E-state index contributed by atoms with van der Waals surface area (Å²) in [7, 11) is 1.50. The van der Waals surface area contributed by atoms with Gasteiger partial charge < -0.3 is 19.7 Å². The topological polar surface area (TPSA) is 50.8 Å². The number of benzene rings is 1. The van der Waals surface area contributed by atoms with Crippen LogP contribution in [0.1, 0.15) is 0 Å². The highest BCUT2D eigenvalue weighted by Crippen LogP contribution is 2.18. The average molecular weight is 250 g/mol. The van der Waals surface area contributed by atoms with Gasteiger partial charge in [-0.15, -0.1) is 0 Å². The predicted molar refractivity (Wildman–Crippen MR) is 70.0 cm³/mol. The summed E-state index contributed by atoms with van der Waals surface area (Å²) in [5.41, 5.74) is 1.94. The fraction of sp³-hybridized carbons (Fsp3) is 0.462. The molecule has 1 amide bonds. The van der Waals surface area contributed by atoms with Gasteiger partial charge in [0.1, 0.15) is 6.61 Å². The van der Waals surface area contributed by atoms with Gasteiger partial charge in [0.25, 0.3) is 0 Å². The van der Waals surface area contributed by atoms with E-state index in [0.717, 1.165) is 37.7 Å². The van der Waals surface area contributed by atoms with Crippen molar-refractivity contribution in [1.82, 2.24) is 0 Å². The summed E-state index contributed by atoms with van der Waals surface area (Å²) >= 11 is 0. The van der Waals surface area contributed by atoms with Gasteiger partial charge in [-0.3, -0.25) is 4.79 Å². The lowest BCUT2D eigenvalue weighted by Crippen LogP contribution is -2.36. The van der Waals surface area contributed by atoms with Gasteiger partial charge in [-0.1, -0.05) is 0 Å². The monoisotopic (exact) mass is 250 g/mol. The predicted octanol–water partition coefficient (Wildman–Crippen LogP) is 1.11. The molecule has 18 heavy (non-hydrogen) atoms. The molecule has 0 radical (unpaired) electrons. The van der Waals surface area contributed by atoms with Crippen LogP contribution in [0.3, 0.4) is 0 Å². The molecule has 1 N–H and O–H groups in total. The van der Waals surface area contributed by atoms with Gasteiger partial charge in [-0.2, -0.15) is 0 Å². The molecule has 5 heteroatoms. The van der Waals surface area contributed by atoms with Crippen molar-refractivity contribution >= 4 is 17.3 Å². The van der Waals surface area contributed by atoms with E-state index < -0.39 is 0 Å². The van der Waals surface area contributed by atoms with E-state index in [1.54, 1.807) is 0 Å². The Balaban J connectivity index is 1.94. The van der Waals surface area contributed by atoms with Gasteiger partial charge in [-0.05, 0) is 24.3 Å². The lowest BCUT2D eigenvalue weighted by molar-refractivity contribution is -0.119.